The normalized spacial score (nSPS) is 15.2. The number of nitrogens with zero attached hydrogens (tertiary/aromatic N) is 4. The van der Waals surface area contributed by atoms with Crippen molar-refractivity contribution in [3.05, 3.63) is 60.3 Å². The van der Waals surface area contributed by atoms with Crippen LogP contribution in [0.25, 0.3) is 10.9 Å². The molecule has 3 aromatic rings. The Bertz CT molecular complexity index is 1210. The number of amides is 1. The van der Waals surface area contributed by atoms with Gasteiger partial charge >= 0.3 is 10.2 Å². The monoisotopic (exact) mass is 454 g/mol. The minimum absolute atomic E-state index is 0.0515. The zero-order valence-corrected chi connectivity index (χ0v) is 18.8. The van der Waals surface area contributed by atoms with E-state index in [0.717, 1.165) is 10.9 Å². The van der Waals surface area contributed by atoms with E-state index in [1.807, 2.05) is 49.1 Å². The molecular formula is C22H26N6O3S. The molecule has 0 saturated carbocycles. The van der Waals surface area contributed by atoms with E-state index in [0.29, 0.717) is 43.4 Å². The minimum atomic E-state index is -3.72. The van der Waals surface area contributed by atoms with Crippen LogP contribution in [-0.4, -0.2) is 60.8 Å². The van der Waals surface area contributed by atoms with E-state index >= 15 is 0 Å². The van der Waals surface area contributed by atoms with Gasteiger partial charge in [0.15, 0.2) is 0 Å². The van der Waals surface area contributed by atoms with Gasteiger partial charge in [-0.25, -0.2) is 9.97 Å². The van der Waals surface area contributed by atoms with Crippen molar-refractivity contribution in [2.24, 2.45) is 0 Å². The quantitative estimate of drug-likeness (QED) is 0.592. The van der Waals surface area contributed by atoms with Crippen LogP contribution in [0.4, 0.5) is 11.6 Å². The summed E-state index contributed by atoms with van der Waals surface area (Å²) in [5.74, 6) is 0.846. The molecule has 0 radical (unpaired) electrons. The third-order valence-corrected chi connectivity index (χ3v) is 6.68. The molecule has 2 N–H and O–H groups in total. The van der Waals surface area contributed by atoms with Gasteiger partial charge in [-0.15, -0.1) is 0 Å². The fourth-order valence-electron chi connectivity index (χ4n) is 3.53. The first-order valence-electron chi connectivity index (χ1n) is 10.5. The van der Waals surface area contributed by atoms with Crippen LogP contribution in [-0.2, 0) is 10.2 Å². The highest BCUT2D eigenvalue weighted by Crippen LogP contribution is 2.19. The second kappa shape index (κ2) is 9.09. The van der Waals surface area contributed by atoms with Gasteiger partial charge in [-0.3, -0.25) is 9.52 Å². The number of pyridine rings is 2. The predicted molar refractivity (Wildman–Crippen MR) is 125 cm³/mol. The van der Waals surface area contributed by atoms with Crippen LogP contribution >= 0.6 is 0 Å². The number of fused-ring (bicyclic) bond motifs is 1. The molecule has 10 heteroatoms. The van der Waals surface area contributed by atoms with Crippen molar-refractivity contribution in [1.29, 1.82) is 0 Å². The molecule has 1 aliphatic rings. The van der Waals surface area contributed by atoms with Gasteiger partial charge in [0.1, 0.15) is 11.6 Å². The van der Waals surface area contributed by atoms with Crippen LogP contribution in [0, 0.1) is 0 Å². The summed E-state index contributed by atoms with van der Waals surface area (Å²) in [4.78, 5) is 22.8. The average Bonchev–Trinajstić information content (AvgIpc) is 2.78. The third kappa shape index (κ3) is 4.97. The van der Waals surface area contributed by atoms with Crippen LogP contribution in [0.3, 0.4) is 0 Å². The molecule has 1 saturated heterocycles. The number of anilines is 2. The molecule has 32 heavy (non-hydrogen) atoms. The number of benzene rings is 1. The molecule has 168 valence electrons. The van der Waals surface area contributed by atoms with E-state index in [9.17, 15) is 13.2 Å². The summed E-state index contributed by atoms with van der Waals surface area (Å²) in [5.41, 5.74) is 1.23. The van der Waals surface area contributed by atoms with E-state index in [4.69, 9.17) is 0 Å². The van der Waals surface area contributed by atoms with Crippen molar-refractivity contribution in [3.8, 4) is 0 Å². The molecule has 9 nitrogen and oxygen atoms in total. The number of para-hydroxylation sites is 1. The van der Waals surface area contributed by atoms with Gasteiger partial charge in [0.05, 0.1) is 11.1 Å². The Labute approximate surface area is 187 Å². The van der Waals surface area contributed by atoms with Crippen LogP contribution < -0.4 is 14.9 Å². The highest BCUT2D eigenvalue weighted by Gasteiger charge is 2.28. The fourth-order valence-corrected chi connectivity index (χ4v) is 4.68. The first kappa shape index (κ1) is 22.0. The molecule has 4 rings (SSSR count). The van der Waals surface area contributed by atoms with Crippen molar-refractivity contribution < 1.29 is 13.2 Å². The SMILES string of the molecule is CC(C)NC(=O)c1ccc(N2CCN(S(=O)(=O)Nc3ccc4ccccc4n3)CC2)nc1. The van der Waals surface area contributed by atoms with Crippen molar-refractivity contribution in [2.75, 3.05) is 35.8 Å². The highest BCUT2D eigenvalue weighted by molar-refractivity contribution is 7.90. The molecule has 1 aliphatic heterocycles. The van der Waals surface area contributed by atoms with E-state index in [1.165, 1.54) is 4.31 Å². The Morgan fingerprint density at radius 2 is 1.75 bits per heavy atom. The molecule has 0 bridgehead atoms. The first-order chi connectivity index (χ1) is 15.3. The van der Waals surface area contributed by atoms with E-state index in [-0.39, 0.29) is 11.9 Å². The van der Waals surface area contributed by atoms with Gasteiger partial charge in [0.2, 0.25) is 0 Å². The molecule has 3 heterocycles. The van der Waals surface area contributed by atoms with E-state index in [2.05, 4.69) is 20.0 Å². The largest absolute Gasteiger partial charge is 0.354 e. The maximum Gasteiger partial charge on any atom is 0.302 e. The lowest BCUT2D eigenvalue weighted by atomic mass is 10.2. The number of hydrogen-bond acceptors (Lipinski definition) is 6. The predicted octanol–water partition coefficient (Wildman–Crippen LogP) is 2.25. The summed E-state index contributed by atoms with van der Waals surface area (Å²) in [7, 11) is -3.72. The van der Waals surface area contributed by atoms with Crippen LogP contribution in [0.1, 0.15) is 24.2 Å². The topological polar surface area (TPSA) is 108 Å². The lowest BCUT2D eigenvalue weighted by molar-refractivity contribution is 0.0942. The summed E-state index contributed by atoms with van der Waals surface area (Å²) >= 11 is 0. The van der Waals surface area contributed by atoms with E-state index < -0.39 is 10.2 Å². The van der Waals surface area contributed by atoms with Crippen LogP contribution in [0.15, 0.2) is 54.7 Å². The molecule has 0 aliphatic carbocycles. The number of hydrogen-bond donors (Lipinski definition) is 2. The lowest BCUT2D eigenvalue weighted by Crippen LogP contribution is -2.50. The molecule has 0 atom stereocenters. The first-order valence-corrected chi connectivity index (χ1v) is 11.9. The number of piperazine rings is 1. The average molecular weight is 455 g/mol. The molecule has 1 aromatic carbocycles. The maximum absolute atomic E-state index is 12.8. The smallest absolute Gasteiger partial charge is 0.302 e. The molecule has 0 unspecified atom stereocenters. The second-order valence-corrected chi connectivity index (χ2v) is 9.59. The van der Waals surface area contributed by atoms with E-state index in [1.54, 1.807) is 24.4 Å². The number of rotatable bonds is 6. The van der Waals surface area contributed by atoms with Gasteiger partial charge in [0, 0.05) is 43.8 Å². The van der Waals surface area contributed by atoms with Gasteiger partial charge in [-0.2, -0.15) is 12.7 Å². The van der Waals surface area contributed by atoms with Crippen molar-refractivity contribution in [2.45, 2.75) is 19.9 Å². The van der Waals surface area contributed by atoms with Gasteiger partial charge < -0.3 is 10.2 Å². The Balaban J connectivity index is 1.37. The minimum Gasteiger partial charge on any atom is -0.354 e. The molecule has 2 aromatic heterocycles. The molecule has 1 fully saturated rings. The Morgan fingerprint density at radius 1 is 1.00 bits per heavy atom. The summed E-state index contributed by atoms with van der Waals surface area (Å²) in [6, 6.07) is 14.6. The fraction of sp³-hybridized carbons (Fsp3) is 0.318. The van der Waals surface area contributed by atoms with Crippen molar-refractivity contribution in [1.82, 2.24) is 19.6 Å². The highest BCUT2D eigenvalue weighted by atomic mass is 32.2. The number of aromatic nitrogens is 2. The number of carbonyl (C=O) groups is 1. The van der Waals surface area contributed by atoms with Gasteiger partial charge in [-0.1, -0.05) is 18.2 Å². The van der Waals surface area contributed by atoms with Gasteiger partial charge in [-0.05, 0) is 44.2 Å². The summed E-state index contributed by atoms with van der Waals surface area (Å²) in [6.45, 7) is 5.43. The Kier molecular flexibility index (Phi) is 6.24. The summed E-state index contributed by atoms with van der Waals surface area (Å²) in [6.07, 6.45) is 1.54. The van der Waals surface area contributed by atoms with Crippen LogP contribution in [0.2, 0.25) is 0 Å². The number of carbonyl (C=O) groups excluding carboxylic acids is 1. The second-order valence-electron chi connectivity index (χ2n) is 7.92. The van der Waals surface area contributed by atoms with Crippen LogP contribution in [0.5, 0.6) is 0 Å². The van der Waals surface area contributed by atoms with Gasteiger partial charge in [0.25, 0.3) is 5.91 Å². The lowest BCUT2D eigenvalue weighted by Gasteiger charge is -2.34. The zero-order chi connectivity index (χ0) is 22.7. The Morgan fingerprint density at radius 3 is 2.44 bits per heavy atom. The summed E-state index contributed by atoms with van der Waals surface area (Å²) in [5, 5.41) is 3.78. The molecule has 1 amide bonds. The third-order valence-electron chi connectivity index (χ3n) is 5.16. The molecular weight excluding hydrogens is 428 g/mol. The zero-order valence-electron chi connectivity index (χ0n) is 18.0. The van der Waals surface area contributed by atoms with Crippen molar-refractivity contribution in [3.63, 3.8) is 0 Å². The summed E-state index contributed by atoms with van der Waals surface area (Å²) < 4.78 is 29.7. The van der Waals surface area contributed by atoms with Crippen molar-refractivity contribution >= 4 is 38.7 Å². The molecule has 0 spiro atoms. The standard InChI is InChI=1S/C22H26N6O3S/c1-16(2)24-22(29)18-8-10-21(23-15-18)27-11-13-28(14-12-27)32(30,31)26-20-9-7-17-5-3-4-6-19(17)25-20/h3-10,15-16H,11-14H2,1-2H3,(H,24,29)(H,25,26). The Hall–Kier alpha value is -3.24. The maximum atomic E-state index is 12.8. The number of nitrogens with one attached hydrogen (secondary N) is 2.